The highest BCUT2D eigenvalue weighted by Crippen LogP contribution is 2.19. The van der Waals surface area contributed by atoms with Crippen molar-refractivity contribution in [1.29, 1.82) is 0 Å². The zero-order valence-electron chi connectivity index (χ0n) is 9.09. The van der Waals surface area contributed by atoms with Gasteiger partial charge in [0.2, 0.25) is 0 Å². The molecule has 1 N–H and O–H groups in total. The van der Waals surface area contributed by atoms with Crippen LogP contribution in [-0.4, -0.2) is 48.5 Å². The van der Waals surface area contributed by atoms with Crippen molar-refractivity contribution in [3.05, 3.63) is 11.3 Å². The van der Waals surface area contributed by atoms with E-state index in [2.05, 4.69) is 31.2 Å². The topological polar surface area (TPSA) is 15.3 Å². The number of allylic oxidation sites excluding steroid dienone is 1. The molecule has 0 aromatic rings. The summed E-state index contributed by atoms with van der Waals surface area (Å²) in [5, 5.41) is 3.46. The highest BCUT2D eigenvalue weighted by atomic mass is 32.2. The number of thiocarbonyl (C=S) groups is 1. The van der Waals surface area contributed by atoms with E-state index >= 15 is 0 Å². The van der Waals surface area contributed by atoms with Crippen LogP contribution in [-0.2, 0) is 0 Å². The van der Waals surface area contributed by atoms with Crippen LogP contribution in [0.15, 0.2) is 11.3 Å². The molecule has 0 fully saturated rings. The van der Waals surface area contributed by atoms with Crippen LogP contribution in [0.4, 0.5) is 0 Å². The quantitative estimate of drug-likeness (QED) is 0.736. The Kier molecular flexibility index (Phi) is 4.92. The molecule has 80 valence electrons. The SMILES string of the molecule is CC1=C(NCCN(C)C)CSCC1=S. The summed E-state index contributed by atoms with van der Waals surface area (Å²) >= 11 is 7.18. The summed E-state index contributed by atoms with van der Waals surface area (Å²) in [4.78, 5) is 3.28. The second-order valence-corrected chi connectivity index (χ2v) is 5.23. The Morgan fingerprint density at radius 2 is 2.14 bits per heavy atom. The molecule has 1 aliphatic heterocycles. The van der Waals surface area contributed by atoms with Crippen LogP contribution in [0.1, 0.15) is 6.92 Å². The Balaban J connectivity index is 2.42. The minimum Gasteiger partial charge on any atom is -0.386 e. The summed E-state index contributed by atoms with van der Waals surface area (Å²) in [6, 6.07) is 0. The van der Waals surface area contributed by atoms with Crippen LogP contribution in [0, 0.1) is 0 Å². The zero-order valence-corrected chi connectivity index (χ0v) is 10.7. The van der Waals surface area contributed by atoms with Gasteiger partial charge in [-0.25, -0.2) is 0 Å². The lowest BCUT2D eigenvalue weighted by Crippen LogP contribution is -2.29. The van der Waals surface area contributed by atoms with E-state index in [0.717, 1.165) is 29.5 Å². The summed E-state index contributed by atoms with van der Waals surface area (Å²) in [6.45, 7) is 4.19. The lowest BCUT2D eigenvalue weighted by Gasteiger charge is -2.20. The molecule has 0 radical (unpaired) electrons. The molecular formula is C10H18N2S2. The van der Waals surface area contributed by atoms with Gasteiger partial charge in [0.1, 0.15) is 0 Å². The first-order valence-corrected chi connectivity index (χ1v) is 6.37. The van der Waals surface area contributed by atoms with Gasteiger partial charge in [0, 0.05) is 35.2 Å². The second-order valence-electron chi connectivity index (χ2n) is 3.75. The maximum atomic E-state index is 5.28. The van der Waals surface area contributed by atoms with Crippen molar-refractivity contribution in [2.45, 2.75) is 6.92 Å². The molecule has 0 saturated heterocycles. The summed E-state index contributed by atoms with van der Waals surface area (Å²) in [7, 11) is 4.17. The highest BCUT2D eigenvalue weighted by molar-refractivity contribution is 8.01. The third kappa shape index (κ3) is 3.59. The number of likely N-dealkylation sites (N-methyl/N-ethyl adjacent to an activating group) is 1. The monoisotopic (exact) mass is 230 g/mol. The molecule has 0 unspecified atom stereocenters. The van der Waals surface area contributed by atoms with Gasteiger partial charge < -0.3 is 10.2 Å². The summed E-state index contributed by atoms with van der Waals surface area (Å²) < 4.78 is 0. The maximum Gasteiger partial charge on any atom is 0.0339 e. The molecule has 0 bridgehead atoms. The molecule has 0 amide bonds. The predicted molar refractivity (Wildman–Crippen MR) is 69.2 cm³/mol. The Labute approximate surface area is 96.1 Å². The largest absolute Gasteiger partial charge is 0.386 e. The number of hydrogen-bond acceptors (Lipinski definition) is 4. The van der Waals surface area contributed by atoms with E-state index in [1.165, 1.54) is 11.3 Å². The third-order valence-corrected chi connectivity index (χ3v) is 3.87. The van der Waals surface area contributed by atoms with Gasteiger partial charge in [-0.05, 0) is 26.6 Å². The third-order valence-electron chi connectivity index (χ3n) is 2.25. The Morgan fingerprint density at radius 1 is 1.43 bits per heavy atom. The predicted octanol–water partition coefficient (Wildman–Crippen LogP) is 1.53. The van der Waals surface area contributed by atoms with Crippen LogP contribution < -0.4 is 5.32 Å². The van der Waals surface area contributed by atoms with E-state index in [4.69, 9.17) is 12.2 Å². The van der Waals surface area contributed by atoms with Crippen LogP contribution in [0.3, 0.4) is 0 Å². The molecule has 0 aromatic carbocycles. The minimum atomic E-state index is 1.00. The first-order chi connectivity index (χ1) is 6.61. The molecule has 0 aromatic heterocycles. The number of nitrogens with one attached hydrogen (secondary N) is 1. The normalized spacial score (nSPS) is 17.9. The molecule has 14 heavy (non-hydrogen) atoms. The first kappa shape index (κ1) is 12.0. The van der Waals surface area contributed by atoms with Crippen LogP contribution in [0.25, 0.3) is 0 Å². The molecule has 2 nitrogen and oxygen atoms in total. The Hall–Kier alpha value is -0.0600. The highest BCUT2D eigenvalue weighted by Gasteiger charge is 2.13. The van der Waals surface area contributed by atoms with Crippen molar-refractivity contribution in [3.8, 4) is 0 Å². The van der Waals surface area contributed by atoms with E-state index in [1.54, 1.807) is 0 Å². The van der Waals surface area contributed by atoms with E-state index < -0.39 is 0 Å². The smallest absolute Gasteiger partial charge is 0.0339 e. The van der Waals surface area contributed by atoms with E-state index in [1.807, 2.05) is 11.8 Å². The molecule has 1 rings (SSSR count). The van der Waals surface area contributed by atoms with Gasteiger partial charge in [0.15, 0.2) is 0 Å². The molecule has 1 heterocycles. The van der Waals surface area contributed by atoms with Crippen molar-refractivity contribution >= 4 is 28.8 Å². The van der Waals surface area contributed by atoms with Gasteiger partial charge in [-0.15, -0.1) is 11.8 Å². The molecule has 0 spiro atoms. The average Bonchev–Trinajstić information content (AvgIpc) is 2.12. The van der Waals surface area contributed by atoms with Crippen molar-refractivity contribution < 1.29 is 0 Å². The number of rotatable bonds is 4. The van der Waals surface area contributed by atoms with Crippen molar-refractivity contribution in [3.63, 3.8) is 0 Å². The lowest BCUT2D eigenvalue weighted by atomic mass is 10.2. The number of hydrogen-bond donors (Lipinski definition) is 1. The van der Waals surface area contributed by atoms with Gasteiger partial charge in [-0.3, -0.25) is 0 Å². The van der Waals surface area contributed by atoms with Gasteiger partial charge in [-0.1, -0.05) is 12.2 Å². The lowest BCUT2D eigenvalue weighted by molar-refractivity contribution is 0.408. The van der Waals surface area contributed by atoms with Gasteiger partial charge in [-0.2, -0.15) is 0 Å². The molecule has 4 heteroatoms. The summed E-state index contributed by atoms with van der Waals surface area (Å²) in [5.41, 5.74) is 2.62. The fourth-order valence-corrected chi connectivity index (χ4v) is 2.64. The first-order valence-electron chi connectivity index (χ1n) is 4.80. The van der Waals surface area contributed by atoms with Gasteiger partial charge in [0.05, 0.1) is 0 Å². The Bertz CT molecular complexity index is 247. The summed E-state index contributed by atoms with van der Waals surface area (Å²) in [5.74, 6) is 2.10. The molecule has 0 saturated carbocycles. The van der Waals surface area contributed by atoms with Crippen molar-refractivity contribution in [1.82, 2.24) is 10.2 Å². The second kappa shape index (κ2) is 5.73. The molecule has 1 aliphatic rings. The number of thioether (sulfide) groups is 1. The zero-order chi connectivity index (χ0) is 10.6. The average molecular weight is 230 g/mol. The van der Waals surface area contributed by atoms with E-state index in [-0.39, 0.29) is 0 Å². The molecular weight excluding hydrogens is 212 g/mol. The molecule has 0 atom stereocenters. The van der Waals surface area contributed by atoms with Crippen molar-refractivity contribution in [2.24, 2.45) is 0 Å². The number of nitrogens with zero attached hydrogens (tertiary/aromatic N) is 1. The van der Waals surface area contributed by atoms with E-state index in [0.29, 0.717) is 0 Å². The van der Waals surface area contributed by atoms with Crippen LogP contribution >= 0.6 is 24.0 Å². The fourth-order valence-electron chi connectivity index (χ4n) is 1.24. The standard InChI is InChI=1S/C10H18N2S2/c1-8-9(6-14-7-10(8)13)11-4-5-12(2)3/h11H,4-7H2,1-3H3. The molecule has 0 aliphatic carbocycles. The van der Waals surface area contributed by atoms with Crippen LogP contribution in [0.5, 0.6) is 0 Å². The maximum absolute atomic E-state index is 5.28. The Morgan fingerprint density at radius 3 is 2.79 bits per heavy atom. The minimum absolute atomic E-state index is 1.00. The van der Waals surface area contributed by atoms with Crippen molar-refractivity contribution in [2.75, 3.05) is 38.7 Å². The van der Waals surface area contributed by atoms with Gasteiger partial charge >= 0.3 is 0 Å². The van der Waals surface area contributed by atoms with E-state index in [9.17, 15) is 0 Å². The fraction of sp³-hybridized carbons (Fsp3) is 0.700. The summed E-state index contributed by atoms with van der Waals surface area (Å²) in [6.07, 6.45) is 0. The van der Waals surface area contributed by atoms with Crippen LogP contribution in [0.2, 0.25) is 0 Å². The van der Waals surface area contributed by atoms with Gasteiger partial charge in [0.25, 0.3) is 0 Å².